The van der Waals surface area contributed by atoms with Gasteiger partial charge in [0.05, 0.1) is 0 Å². The van der Waals surface area contributed by atoms with E-state index < -0.39 is 0 Å². The van der Waals surface area contributed by atoms with E-state index in [0.717, 1.165) is 6.04 Å². The van der Waals surface area contributed by atoms with Crippen molar-refractivity contribution in [1.82, 2.24) is 10.2 Å². The first-order valence-corrected chi connectivity index (χ1v) is 7.41. The lowest BCUT2D eigenvalue weighted by Gasteiger charge is -2.28. The van der Waals surface area contributed by atoms with Crippen LogP contribution in [0.1, 0.15) is 57.8 Å². The Morgan fingerprint density at radius 2 is 1.50 bits per heavy atom. The summed E-state index contributed by atoms with van der Waals surface area (Å²) in [6, 6.07) is 0.780. The molecule has 0 aromatic rings. The molecule has 16 heavy (non-hydrogen) atoms. The number of rotatable bonds is 2. The van der Waals surface area contributed by atoms with Crippen molar-refractivity contribution in [3.8, 4) is 0 Å². The third kappa shape index (κ3) is 4.42. The van der Waals surface area contributed by atoms with Crippen LogP contribution in [-0.2, 0) is 0 Å². The monoisotopic (exact) mass is 224 g/mol. The van der Waals surface area contributed by atoms with E-state index in [9.17, 15) is 0 Å². The molecule has 2 nitrogen and oxygen atoms in total. The van der Waals surface area contributed by atoms with Gasteiger partial charge in [0, 0.05) is 12.6 Å². The summed E-state index contributed by atoms with van der Waals surface area (Å²) in [7, 11) is 0. The topological polar surface area (TPSA) is 15.3 Å². The van der Waals surface area contributed by atoms with Crippen LogP contribution in [0.4, 0.5) is 0 Å². The Bertz CT molecular complexity index is 166. The van der Waals surface area contributed by atoms with Gasteiger partial charge in [-0.2, -0.15) is 0 Å². The molecule has 2 heteroatoms. The largest absolute Gasteiger partial charge is 0.313 e. The molecule has 1 atom stereocenters. The van der Waals surface area contributed by atoms with Crippen LogP contribution in [0.2, 0.25) is 0 Å². The molecule has 0 spiro atoms. The highest BCUT2D eigenvalue weighted by molar-refractivity contribution is 4.75. The standard InChI is InChI=1S/C14H28N2/c1-2-7-11-16(12-8-3-1)13-14-9-5-4-6-10-15-14/h14-15H,1-13H2. The smallest absolute Gasteiger partial charge is 0.0195 e. The van der Waals surface area contributed by atoms with Gasteiger partial charge in [-0.15, -0.1) is 0 Å². The third-order valence-electron chi connectivity index (χ3n) is 4.09. The molecule has 0 saturated carbocycles. The third-order valence-corrected chi connectivity index (χ3v) is 4.09. The number of nitrogens with one attached hydrogen (secondary N) is 1. The molecule has 2 aliphatic rings. The zero-order chi connectivity index (χ0) is 11.1. The molecule has 2 aliphatic heterocycles. The molecule has 0 amide bonds. The first kappa shape index (κ1) is 12.4. The van der Waals surface area contributed by atoms with Gasteiger partial charge in [-0.25, -0.2) is 0 Å². The SMILES string of the molecule is C1CCCN(CC2CCCCCN2)CCC1. The van der Waals surface area contributed by atoms with Crippen LogP contribution in [-0.4, -0.2) is 37.1 Å². The average molecular weight is 224 g/mol. The molecular weight excluding hydrogens is 196 g/mol. The van der Waals surface area contributed by atoms with Crippen molar-refractivity contribution in [2.75, 3.05) is 26.2 Å². The van der Waals surface area contributed by atoms with Gasteiger partial charge in [0.1, 0.15) is 0 Å². The van der Waals surface area contributed by atoms with Crippen molar-refractivity contribution in [2.45, 2.75) is 63.8 Å². The van der Waals surface area contributed by atoms with Gasteiger partial charge in [-0.3, -0.25) is 0 Å². The Morgan fingerprint density at radius 3 is 2.31 bits per heavy atom. The van der Waals surface area contributed by atoms with Gasteiger partial charge in [0.2, 0.25) is 0 Å². The molecule has 2 rings (SSSR count). The minimum absolute atomic E-state index is 0.780. The van der Waals surface area contributed by atoms with Crippen molar-refractivity contribution < 1.29 is 0 Å². The van der Waals surface area contributed by atoms with Crippen LogP contribution in [0.25, 0.3) is 0 Å². The van der Waals surface area contributed by atoms with Crippen LogP contribution >= 0.6 is 0 Å². The second kappa shape index (κ2) is 7.29. The van der Waals surface area contributed by atoms with Crippen molar-refractivity contribution in [3.63, 3.8) is 0 Å². The number of hydrogen-bond donors (Lipinski definition) is 1. The molecule has 2 saturated heterocycles. The highest BCUT2D eigenvalue weighted by atomic mass is 15.1. The number of hydrogen-bond acceptors (Lipinski definition) is 2. The Morgan fingerprint density at radius 1 is 0.812 bits per heavy atom. The van der Waals surface area contributed by atoms with Crippen LogP contribution in [0.15, 0.2) is 0 Å². The molecule has 0 aliphatic carbocycles. The van der Waals surface area contributed by atoms with Gasteiger partial charge in [0.15, 0.2) is 0 Å². The summed E-state index contributed by atoms with van der Waals surface area (Å²) in [5.74, 6) is 0. The summed E-state index contributed by atoms with van der Waals surface area (Å²) in [6.45, 7) is 5.24. The molecular formula is C14H28N2. The first-order valence-electron chi connectivity index (χ1n) is 7.41. The zero-order valence-electron chi connectivity index (χ0n) is 10.7. The first-order chi connectivity index (χ1) is 7.95. The molecule has 2 fully saturated rings. The summed E-state index contributed by atoms with van der Waals surface area (Å²) in [6.07, 6.45) is 12.9. The van der Waals surface area contributed by atoms with Crippen molar-refractivity contribution >= 4 is 0 Å². The maximum atomic E-state index is 3.72. The lowest BCUT2D eigenvalue weighted by Crippen LogP contribution is -2.41. The van der Waals surface area contributed by atoms with Gasteiger partial charge >= 0.3 is 0 Å². The molecule has 0 bridgehead atoms. The molecule has 0 radical (unpaired) electrons. The number of likely N-dealkylation sites (tertiary alicyclic amines) is 1. The molecule has 94 valence electrons. The normalized spacial score (nSPS) is 30.4. The average Bonchev–Trinajstić information content (AvgIpc) is 2.50. The summed E-state index contributed by atoms with van der Waals surface area (Å²) < 4.78 is 0. The van der Waals surface area contributed by atoms with E-state index in [1.807, 2.05) is 0 Å². The fraction of sp³-hybridized carbons (Fsp3) is 1.00. The highest BCUT2D eigenvalue weighted by Gasteiger charge is 2.16. The van der Waals surface area contributed by atoms with Crippen LogP contribution in [0.3, 0.4) is 0 Å². The van der Waals surface area contributed by atoms with Crippen LogP contribution in [0.5, 0.6) is 0 Å². The zero-order valence-corrected chi connectivity index (χ0v) is 10.7. The van der Waals surface area contributed by atoms with Gasteiger partial charge in [0.25, 0.3) is 0 Å². The van der Waals surface area contributed by atoms with Crippen molar-refractivity contribution in [2.24, 2.45) is 0 Å². The lowest BCUT2D eigenvalue weighted by molar-refractivity contribution is 0.219. The van der Waals surface area contributed by atoms with Crippen molar-refractivity contribution in [1.29, 1.82) is 0 Å². The van der Waals surface area contributed by atoms with Crippen molar-refractivity contribution in [3.05, 3.63) is 0 Å². The van der Waals surface area contributed by atoms with E-state index in [4.69, 9.17) is 0 Å². The predicted molar refractivity (Wildman–Crippen MR) is 69.8 cm³/mol. The summed E-state index contributed by atoms with van der Waals surface area (Å²) >= 11 is 0. The quantitative estimate of drug-likeness (QED) is 0.776. The maximum absolute atomic E-state index is 3.72. The highest BCUT2D eigenvalue weighted by Crippen LogP contribution is 2.13. The fourth-order valence-corrected chi connectivity index (χ4v) is 3.06. The van der Waals surface area contributed by atoms with E-state index in [2.05, 4.69) is 10.2 Å². The molecule has 2 heterocycles. The predicted octanol–water partition coefficient (Wildman–Crippen LogP) is 2.78. The molecule has 1 unspecified atom stereocenters. The summed E-state index contributed by atoms with van der Waals surface area (Å²) in [5.41, 5.74) is 0. The fourth-order valence-electron chi connectivity index (χ4n) is 3.06. The lowest BCUT2D eigenvalue weighted by atomic mass is 10.1. The van der Waals surface area contributed by atoms with E-state index in [1.165, 1.54) is 84.0 Å². The van der Waals surface area contributed by atoms with E-state index in [0.29, 0.717) is 0 Å². The van der Waals surface area contributed by atoms with Gasteiger partial charge in [-0.05, 0) is 45.3 Å². The molecule has 0 aromatic carbocycles. The van der Waals surface area contributed by atoms with Gasteiger partial charge in [-0.1, -0.05) is 32.1 Å². The van der Waals surface area contributed by atoms with Crippen LogP contribution < -0.4 is 5.32 Å². The van der Waals surface area contributed by atoms with E-state index >= 15 is 0 Å². The molecule has 0 aromatic heterocycles. The second-order valence-corrected chi connectivity index (χ2v) is 5.57. The minimum atomic E-state index is 0.780. The summed E-state index contributed by atoms with van der Waals surface area (Å²) in [4.78, 5) is 2.71. The Labute approximate surface area is 101 Å². The Balaban J connectivity index is 1.72. The van der Waals surface area contributed by atoms with Crippen LogP contribution in [0, 0.1) is 0 Å². The van der Waals surface area contributed by atoms with Gasteiger partial charge < -0.3 is 10.2 Å². The Hall–Kier alpha value is -0.0800. The maximum Gasteiger partial charge on any atom is 0.0195 e. The van der Waals surface area contributed by atoms with E-state index in [-0.39, 0.29) is 0 Å². The molecule has 1 N–H and O–H groups in total. The summed E-state index contributed by atoms with van der Waals surface area (Å²) in [5, 5.41) is 3.72. The minimum Gasteiger partial charge on any atom is -0.313 e. The second-order valence-electron chi connectivity index (χ2n) is 5.57. The van der Waals surface area contributed by atoms with E-state index in [1.54, 1.807) is 0 Å². The number of nitrogens with zero attached hydrogens (tertiary/aromatic N) is 1. The Kier molecular flexibility index (Phi) is 5.64.